The maximum atomic E-state index is 14.0. The molecule has 1 aromatic carbocycles. The first-order chi connectivity index (χ1) is 22.1. The number of amidine groups is 1. The van der Waals surface area contributed by atoms with Gasteiger partial charge in [-0.05, 0) is 32.4 Å². The second-order valence-electron chi connectivity index (χ2n) is 12.1. The standard InChI is InChI=1S/C31H37ClFN7O5S/c1-17(2)39-14-19(12-24(39)29(41)44-3)40-15-20-13-37(8-9-38(20)31(40)43)16-23-25(30(42)45-4)26(21-6-5-18(33)11-22(21)32)36-27(35-23)28-34-7-10-46-28/h5-7,10-11,17,19-20,24,26H,8-9,12-16H2,1-4H3,(H,35,36)/t19-,20+,24+,26?/m1/s1. The number of aromatic nitrogens is 1. The lowest BCUT2D eigenvalue weighted by Crippen LogP contribution is -2.53. The number of amides is 2. The fraction of sp³-hybridized carbons (Fsp3) is 0.516. The SMILES string of the molecule is COC(=O)C1=C(CN2CCN3C(=O)N([C@@H]4C[C@@H](C(=O)OC)N(C(C)C)C4)C[C@@H]3C2)NC(c2nccs2)=NC1c1ccc(F)cc1Cl. The first kappa shape index (κ1) is 32.4. The van der Waals surface area contributed by atoms with Gasteiger partial charge in [-0.1, -0.05) is 17.7 Å². The number of hydrogen-bond acceptors (Lipinski definition) is 11. The summed E-state index contributed by atoms with van der Waals surface area (Å²) < 4.78 is 24.3. The van der Waals surface area contributed by atoms with Crippen molar-refractivity contribution in [3.05, 3.63) is 62.5 Å². The molecule has 3 saturated heterocycles. The van der Waals surface area contributed by atoms with E-state index in [1.54, 1.807) is 6.20 Å². The molecule has 1 unspecified atom stereocenters. The van der Waals surface area contributed by atoms with Crippen molar-refractivity contribution in [3.8, 4) is 0 Å². The maximum absolute atomic E-state index is 14.0. The molecule has 0 bridgehead atoms. The van der Waals surface area contributed by atoms with E-state index < -0.39 is 17.8 Å². The maximum Gasteiger partial charge on any atom is 0.338 e. The molecule has 6 rings (SSSR count). The van der Waals surface area contributed by atoms with Crippen molar-refractivity contribution in [1.29, 1.82) is 0 Å². The highest BCUT2D eigenvalue weighted by molar-refractivity contribution is 7.11. The number of rotatable bonds is 8. The van der Waals surface area contributed by atoms with Crippen LogP contribution in [0.5, 0.6) is 0 Å². The lowest BCUT2D eigenvalue weighted by Gasteiger charge is -2.38. The largest absolute Gasteiger partial charge is 0.468 e. The van der Waals surface area contributed by atoms with Gasteiger partial charge in [-0.25, -0.2) is 19.0 Å². The summed E-state index contributed by atoms with van der Waals surface area (Å²) in [4.78, 5) is 56.8. The number of nitrogens with zero attached hydrogens (tertiary/aromatic N) is 6. The lowest BCUT2D eigenvalue weighted by atomic mass is 9.95. The van der Waals surface area contributed by atoms with Gasteiger partial charge in [0, 0.05) is 79.2 Å². The number of esters is 2. The van der Waals surface area contributed by atoms with E-state index in [2.05, 4.69) is 20.1 Å². The molecule has 5 heterocycles. The van der Waals surface area contributed by atoms with E-state index in [9.17, 15) is 18.8 Å². The molecule has 2 amide bonds. The number of halogens is 2. The molecule has 46 heavy (non-hydrogen) atoms. The van der Waals surface area contributed by atoms with E-state index in [1.165, 1.54) is 43.8 Å². The Morgan fingerprint density at radius 1 is 1.13 bits per heavy atom. The van der Waals surface area contributed by atoms with Crippen molar-refractivity contribution in [2.24, 2.45) is 4.99 Å². The van der Waals surface area contributed by atoms with Crippen molar-refractivity contribution in [2.45, 2.75) is 50.5 Å². The fourth-order valence-corrected chi connectivity index (χ4v) is 7.80. The van der Waals surface area contributed by atoms with E-state index in [0.717, 1.165) is 0 Å². The summed E-state index contributed by atoms with van der Waals surface area (Å²) in [5.74, 6) is -0.877. The molecule has 246 valence electrons. The zero-order chi connectivity index (χ0) is 32.7. The van der Waals surface area contributed by atoms with Gasteiger partial charge in [0.2, 0.25) is 0 Å². The van der Waals surface area contributed by atoms with Crippen LogP contribution in [0.2, 0.25) is 5.02 Å². The highest BCUT2D eigenvalue weighted by Crippen LogP contribution is 2.37. The van der Waals surface area contributed by atoms with Gasteiger partial charge in [0.1, 0.15) is 17.9 Å². The van der Waals surface area contributed by atoms with Gasteiger partial charge in [-0.15, -0.1) is 11.3 Å². The number of ether oxygens (including phenoxy) is 2. The van der Waals surface area contributed by atoms with Crippen molar-refractivity contribution in [1.82, 2.24) is 29.9 Å². The summed E-state index contributed by atoms with van der Waals surface area (Å²) >= 11 is 7.89. The number of nitrogens with one attached hydrogen (secondary N) is 1. The molecular weight excluding hydrogens is 637 g/mol. The summed E-state index contributed by atoms with van der Waals surface area (Å²) in [6.45, 7) is 7.25. The number of aliphatic imine (C=N–C) groups is 1. The van der Waals surface area contributed by atoms with Crippen LogP contribution >= 0.6 is 22.9 Å². The minimum Gasteiger partial charge on any atom is -0.468 e. The van der Waals surface area contributed by atoms with E-state index >= 15 is 0 Å². The lowest BCUT2D eigenvalue weighted by molar-refractivity contribution is -0.146. The van der Waals surface area contributed by atoms with E-state index in [-0.39, 0.29) is 46.8 Å². The van der Waals surface area contributed by atoms with Crippen LogP contribution in [0.1, 0.15) is 36.9 Å². The Morgan fingerprint density at radius 2 is 1.93 bits per heavy atom. The molecule has 0 saturated carbocycles. The Bertz CT molecular complexity index is 1570. The van der Waals surface area contributed by atoms with Gasteiger partial charge in [0.15, 0.2) is 10.8 Å². The summed E-state index contributed by atoms with van der Waals surface area (Å²) in [7, 11) is 2.70. The smallest absolute Gasteiger partial charge is 0.338 e. The van der Waals surface area contributed by atoms with Gasteiger partial charge < -0.3 is 24.6 Å². The normalized spacial score (nSPS) is 25.5. The number of likely N-dealkylation sites (tertiary alicyclic amines) is 1. The molecule has 4 aliphatic rings. The van der Waals surface area contributed by atoms with Crippen LogP contribution in [0.3, 0.4) is 0 Å². The van der Waals surface area contributed by atoms with E-state index in [0.29, 0.717) is 67.8 Å². The first-order valence-corrected chi connectivity index (χ1v) is 16.5. The predicted molar refractivity (Wildman–Crippen MR) is 170 cm³/mol. The molecule has 1 aromatic heterocycles. The third-order valence-corrected chi connectivity index (χ3v) is 10.3. The second kappa shape index (κ2) is 13.3. The summed E-state index contributed by atoms with van der Waals surface area (Å²) in [5, 5.41) is 5.94. The fourth-order valence-electron chi connectivity index (χ4n) is 6.94. The number of benzene rings is 1. The molecule has 4 atom stereocenters. The molecule has 3 fully saturated rings. The molecule has 12 nitrogen and oxygen atoms in total. The number of piperazine rings is 1. The number of urea groups is 1. The van der Waals surface area contributed by atoms with Crippen molar-refractivity contribution < 1.29 is 28.2 Å². The quantitative estimate of drug-likeness (QED) is 0.422. The molecule has 0 radical (unpaired) electrons. The van der Waals surface area contributed by atoms with Crippen LogP contribution in [-0.2, 0) is 19.1 Å². The van der Waals surface area contributed by atoms with Crippen molar-refractivity contribution in [3.63, 3.8) is 0 Å². The highest BCUT2D eigenvalue weighted by Gasteiger charge is 2.48. The molecule has 15 heteroatoms. The Morgan fingerprint density at radius 3 is 2.61 bits per heavy atom. The van der Waals surface area contributed by atoms with Crippen LogP contribution in [0.4, 0.5) is 9.18 Å². The summed E-state index contributed by atoms with van der Waals surface area (Å²) in [6.07, 6.45) is 2.20. The number of fused-ring (bicyclic) bond motifs is 1. The summed E-state index contributed by atoms with van der Waals surface area (Å²) in [6, 6.07) is 2.75. The predicted octanol–water partition coefficient (Wildman–Crippen LogP) is 2.90. The van der Waals surface area contributed by atoms with Gasteiger partial charge in [-0.2, -0.15) is 0 Å². The third kappa shape index (κ3) is 6.10. The van der Waals surface area contributed by atoms with Gasteiger partial charge in [0.05, 0.1) is 25.8 Å². The highest BCUT2D eigenvalue weighted by atomic mass is 35.5. The minimum atomic E-state index is -0.852. The van der Waals surface area contributed by atoms with Gasteiger partial charge in [0.25, 0.3) is 0 Å². The summed E-state index contributed by atoms with van der Waals surface area (Å²) in [5.41, 5.74) is 1.32. The van der Waals surface area contributed by atoms with Crippen molar-refractivity contribution >= 4 is 46.7 Å². The van der Waals surface area contributed by atoms with Crippen LogP contribution in [-0.4, -0.2) is 126 Å². The van der Waals surface area contributed by atoms with Gasteiger partial charge in [-0.3, -0.25) is 19.6 Å². The van der Waals surface area contributed by atoms with Crippen LogP contribution < -0.4 is 5.32 Å². The number of thiazole rings is 1. The van der Waals surface area contributed by atoms with Crippen LogP contribution in [0, 0.1) is 5.82 Å². The first-order valence-electron chi connectivity index (χ1n) is 15.2. The zero-order valence-corrected chi connectivity index (χ0v) is 27.7. The Labute approximate surface area is 275 Å². The number of methoxy groups -OCH3 is 2. The van der Waals surface area contributed by atoms with Crippen LogP contribution in [0.15, 0.2) is 46.0 Å². The average molecular weight is 674 g/mol. The van der Waals surface area contributed by atoms with Crippen molar-refractivity contribution in [2.75, 3.05) is 53.5 Å². The van der Waals surface area contributed by atoms with Gasteiger partial charge >= 0.3 is 18.0 Å². The Kier molecular flexibility index (Phi) is 9.33. The Hall–Kier alpha value is -3.59. The molecular formula is C31H37ClFN7O5S. The number of carbonyl (C=O) groups is 3. The molecule has 0 aliphatic carbocycles. The van der Waals surface area contributed by atoms with E-state index in [4.69, 9.17) is 26.1 Å². The zero-order valence-electron chi connectivity index (χ0n) is 26.1. The minimum absolute atomic E-state index is 0.0154. The second-order valence-corrected chi connectivity index (χ2v) is 13.4. The molecule has 2 aromatic rings. The number of carbonyl (C=O) groups excluding carboxylic acids is 3. The third-order valence-electron chi connectivity index (χ3n) is 9.17. The Balaban J connectivity index is 1.24. The molecule has 1 N–H and O–H groups in total. The monoisotopic (exact) mass is 673 g/mol. The average Bonchev–Trinajstić information content (AvgIpc) is 3.80. The molecule has 4 aliphatic heterocycles. The van der Waals surface area contributed by atoms with E-state index in [1.807, 2.05) is 29.0 Å². The topological polar surface area (TPSA) is 120 Å². The number of hydrogen-bond donors (Lipinski definition) is 1. The van der Waals surface area contributed by atoms with Crippen LogP contribution in [0.25, 0.3) is 0 Å². The molecule has 0 spiro atoms.